The van der Waals surface area contributed by atoms with Gasteiger partial charge in [0.15, 0.2) is 11.6 Å². The third kappa shape index (κ3) is 4.15. The Morgan fingerprint density at radius 2 is 1.92 bits per heavy atom. The average molecular weight is 353 g/mol. The monoisotopic (exact) mass is 353 g/mol. The topological polar surface area (TPSA) is 66.8 Å². The standard InChI is InChI=1S/C18H21F2NO4/c19-15-2-1-11(9-16(15)20)13-10-14(13)18(24)21(6-3-17(22)23)12-4-7-25-8-5-12/h1-2,9,12-14H,3-8,10H2,(H,22,23)/t13-,14+/m0/s1. The zero-order valence-electron chi connectivity index (χ0n) is 13.8. The van der Waals surface area contributed by atoms with Crippen molar-refractivity contribution in [2.75, 3.05) is 19.8 Å². The molecule has 5 nitrogen and oxygen atoms in total. The lowest BCUT2D eigenvalue weighted by atomic mass is 10.0. The van der Waals surface area contributed by atoms with Crippen molar-refractivity contribution < 1.29 is 28.2 Å². The molecule has 0 radical (unpaired) electrons. The zero-order chi connectivity index (χ0) is 18.0. The Labute approximate surface area is 144 Å². The van der Waals surface area contributed by atoms with Crippen LogP contribution in [0.15, 0.2) is 18.2 Å². The van der Waals surface area contributed by atoms with Gasteiger partial charge in [-0.15, -0.1) is 0 Å². The predicted octanol–water partition coefficient (Wildman–Crippen LogP) is 2.55. The van der Waals surface area contributed by atoms with Gasteiger partial charge >= 0.3 is 5.97 Å². The van der Waals surface area contributed by atoms with Gasteiger partial charge in [0.25, 0.3) is 0 Å². The first-order chi connectivity index (χ1) is 12.0. The van der Waals surface area contributed by atoms with Crippen molar-refractivity contribution in [3.05, 3.63) is 35.4 Å². The molecule has 1 aromatic rings. The highest BCUT2D eigenvalue weighted by atomic mass is 19.2. The summed E-state index contributed by atoms with van der Waals surface area (Å²) in [7, 11) is 0. The molecule has 1 aliphatic heterocycles. The summed E-state index contributed by atoms with van der Waals surface area (Å²) in [5, 5.41) is 8.94. The number of amides is 1. The molecule has 2 fully saturated rings. The van der Waals surface area contributed by atoms with Crippen LogP contribution < -0.4 is 0 Å². The third-order valence-electron chi connectivity index (χ3n) is 4.96. The van der Waals surface area contributed by atoms with E-state index in [1.54, 1.807) is 4.90 Å². The van der Waals surface area contributed by atoms with Gasteiger partial charge in [0.05, 0.1) is 6.42 Å². The van der Waals surface area contributed by atoms with Crippen LogP contribution in [0.1, 0.15) is 37.2 Å². The Hall–Kier alpha value is -2.02. The van der Waals surface area contributed by atoms with E-state index in [0.29, 0.717) is 38.0 Å². The number of halogens is 2. The highest BCUT2D eigenvalue weighted by Gasteiger charge is 2.47. The Bertz CT molecular complexity index is 660. The maximum atomic E-state index is 13.4. The number of carbonyl (C=O) groups is 2. The molecule has 7 heteroatoms. The molecule has 2 aliphatic rings. The summed E-state index contributed by atoms with van der Waals surface area (Å²) in [6, 6.07) is 3.70. The zero-order valence-corrected chi connectivity index (χ0v) is 13.8. The van der Waals surface area contributed by atoms with E-state index in [2.05, 4.69) is 0 Å². The number of benzene rings is 1. The van der Waals surface area contributed by atoms with Crippen molar-refractivity contribution in [3.8, 4) is 0 Å². The van der Waals surface area contributed by atoms with Gasteiger partial charge in [-0.25, -0.2) is 8.78 Å². The number of nitrogens with zero attached hydrogens (tertiary/aromatic N) is 1. The predicted molar refractivity (Wildman–Crippen MR) is 85.0 cm³/mol. The lowest BCUT2D eigenvalue weighted by Gasteiger charge is -2.34. The molecule has 1 saturated heterocycles. The fourth-order valence-electron chi connectivity index (χ4n) is 3.48. The normalized spacial score (nSPS) is 23.3. The fraction of sp³-hybridized carbons (Fsp3) is 0.556. The second-order valence-electron chi connectivity index (χ2n) is 6.64. The summed E-state index contributed by atoms with van der Waals surface area (Å²) < 4.78 is 31.8. The molecule has 3 rings (SSSR count). The van der Waals surface area contributed by atoms with Crippen LogP contribution in [-0.4, -0.2) is 47.7 Å². The third-order valence-corrected chi connectivity index (χ3v) is 4.96. The number of hydrogen-bond acceptors (Lipinski definition) is 3. The first-order valence-corrected chi connectivity index (χ1v) is 8.52. The minimum atomic E-state index is -0.946. The average Bonchev–Trinajstić information content (AvgIpc) is 3.39. The molecule has 1 heterocycles. The van der Waals surface area contributed by atoms with Gasteiger partial charge in [-0.1, -0.05) is 6.07 Å². The number of carboxylic acid groups (broad SMARTS) is 1. The Morgan fingerprint density at radius 3 is 2.56 bits per heavy atom. The summed E-state index contributed by atoms with van der Waals surface area (Å²) >= 11 is 0. The van der Waals surface area contributed by atoms with Crippen molar-refractivity contribution in [1.82, 2.24) is 4.90 Å². The number of ether oxygens (including phenoxy) is 1. The summed E-state index contributed by atoms with van der Waals surface area (Å²) in [6.07, 6.45) is 1.85. The quantitative estimate of drug-likeness (QED) is 0.854. The molecule has 1 aromatic carbocycles. The SMILES string of the molecule is O=C(O)CCN(C(=O)[C@@H]1C[C@H]1c1ccc(F)c(F)c1)C1CCOCC1. The first kappa shape index (κ1) is 17.8. The molecule has 1 N–H and O–H groups in total. The van der Waals surface area contributed by atoms with Crippen molar-refractivity contribution in [2.45, 2.75) is 37.6 Å². The minimum Gasteiger partial charge on any atom is -0.481 e. The van der Waals surface area contributed by atoms with E-state index in [0.717, 1.165) is 12.1 Å². The van der Waals surface area contributed by atoms with Crippen LogP contribution in [0.3, 0.4) is 0 Å². The Kier molecular flexibility index (Phi) is 5.32. The van der Waals surface area contributed by atoms with Crippen LogP contribution in [0.5, 0.6) is 0 Å². The molecule has 1 amide bonds. The summed E-state index contributed by atoms with van der Waals surface area (Å²) in [5.74, 6) is -3.28. The van der Waals surface area contributed by atoms with Crippen LogP contribution in [0.4, 0.5) is 8.78 Å². The summed E-state index contributed by atoms with van der Waals surface area (Å²) in [6.45, 7) is 1.28. The van der Waals surface area contributed by atoms with E-state index in [4.69, 9.17) is 9.84 Å². The van der Waals surface area contributed by atoms with Gasteiger partial charge in [0.2, 0.25) is 5.91 Å². The molecule has 25 heavy (non-hydrogen) atoms. The van der Waals surface area contributed by atoms with Gasteiger partial charge in [0.1, 0.15) is 0 Å². The van der Waals surface area contributed by atoms with Crippen LogP contribution >= 0.6 is 0 Å². The molecule has 0 aromatic heterocycles. The summed E-state index contributed by atoms with van der Waals surface area (Å²) in [5.41, 5.74) is 0.613. The maximum absolute atomic E-state index is 13.4. The lowest BCUT2D eigenvalue weighted by molar-refractivity contribution is -0.141. The number of carbonyl (C=O) groups excluding carboxylic acids is 1. The first-order valence-electron chi connectivity index (χ1n) is 8.52. The smallest absolute Gasteiger partial charge is 0.305 e. The molecule has 1 saturated carbocycles. The van der Waals surface area contributed by atoms with E-state index in [1.807, 2.05) is 0 Å². The minimum absolute atomic E-state index is 0.0215. The molecule has 0 unspecified atom stereocenters. The Balaban J connectivity index is 1.69. The van der Waals surface area contributed by atoms with Crippen LogP contribution in [0, 0.1) is 17.6 Å². The number of aliphatic carboxylic acids is 1. The molecule has 0 bridgehead atoms. The number of rotatable bonds is 6. The van der Waals surface area contributed by atoms with Crippen molar-refractivity contribution in [3.63, 3.8) is 0 Å². The second kappa shape index (κ2) is 7.47. The van der Waals surface area contributed by atoms with Crippen LogP contribution in [0.2, 0.25) is 0 Å². The lowest BCUT2D eigenvalue weighted by Crippen LogP contribution is -2.45. The van der Waals surface area contributed by atoms with Crippen molar-refractivity contribution in [1.29, 1.82) is 0 Å². The maximum Gasteiger partial charge on any atom is 0.305 e. The summed E-state index contributed by atoms with van der Waals surface area (Å²) in [4.78, 5) is 25.4. The van der Waals surface area contributed by atoms with E-state index < -0.39 is 17.6 Å². The molecular weight excluding hydrogens is 332 g/mol. The van der Waals surface area contributed by atoms with Crippen LogP contribution in [0.25, 0.3) is 0 Å². The molecule has 136 valence electrons. The van der Waals surface area contributed by atoms with E-state index in [1.165, 1.54) is 6.07 Å². The van der Waals surface area contributed by atoms with Gasteiger partial charge < -0.3 is 14.7 Å². The largest absolute Gasteiger partial charge is 0.481 e. The molecule has 0 spiro atoms. The van der Waals surface area contributed by atoms with Crippen LogP contribution in [-0.2, 0) is 14.3 Å². The molecule has 2 atom stereocenters. The molecular formula is C18H21F2NO4. The van der Waals surface area contributed by atoms with Gasteiger partial charge in [-0.3, -0.25) is 9.59 Å². The Morgan fingerprint density at radius 1 is 1.20 bits per heavy atom. The van der Waals surface area contributed by atoms with E-state index in [-0.39, 0.29) is 36.8 Å². The van der Waals surface area contributed by atoms with Gasteiger partial charge in [0, 0.05) is 31.7 Å². The number of hydrogen-bond donors (Lipinski definition) is 1. The van der Waals surface area contributed by atoms with Gasteiger partial charge in [-0.05, 0) is 42.9 Å². The second-order valence-corrected chi connectivity index (χ2v) is 6.64. The van der Waals surface area contributed by atoms with Gasteiger partial charge in [-0.2, -0.15) is 0 Å². The fourth-order valence-corrected chi connectivity index (χ4v) is 3.48. The number of carboxylic acids is 1. The molecule has 1 aliphatic carbocycles. The van der Waals surface area contributed by atoms with E-state index >= 15 is 0 Å². The van der Waals surface area contributed by atoms with E-state index in [9.17, 15) is 18.4 Å². The highest BCUT2D eigenvalue weighted by molar-refractivity contribution is 5.83. The van der Waals surface area contributed by atoms with Crippen molar-refractivity contribution in [2.24, 2.45) is 5.92 Å². The highest BCUT2D eigenvalue weighted by Crippen LogP contribution is 2.49. The van der Waals surface area contributed by atoms with Crippen molar-refractivity contribution >= 4 is 11.9 Å².